The number of hydrogen-bond acceptors (Lipinski definition) is 3. The van der Waals surface area contributed by atoms with Crippen molar-refractivity contribution in [2.24, 2.45) is 5.92 Å². The van der Waals surface area contributed by atoms with Gasteiger partial charge in [-0.15, -0.1) is 0 Å². The number of hydrogen-bond donors (Lipinski definition) is 2. The molecule has 1 atom stereocenters. The van der Waals surface area contributed by atoms with Gasteiger partial charge in [0.2, 0.25) is 5.91 Å². The number of ether oxygens (including phenoxy) is 1. The summed E-state index contributed by atoms with van der Waals surface area (Å²) in [5.41, 5.74) is 3.32. The van der Waals surface area contributed by atoms with Gasteiger partial charge < -0.3 is 15.4 Å². The minimum absolute atomic E-state index is 0.0550. The minimum Gasteiger partial charge on any atom is -0.493 e. The summed E-state index contributed by atoms with van der Waals surface area (Å²) in [5, 5.41) is 6.57. The van der Waals surface area contributed by atoms with E-state index in [4.69, 9.17) is 4.74 Å². The molecule has 25 heavy (non-hydrogen) atoms. The molecule has 2 aromatic carbocycles. The normalized spacial score (nSPS) is 13.9. The molecule has 0 aromatic heterocycles. The minimum atomic E-state index is 0.0550. The smallest absolute Gasteiger partial charge is 0.224 e. The van der Waals surface area contributed by atoms with E-state index in [1.165, 1.54) is 5.56 Å². The molecule has 4 nitrogen and oxygen atoms in total. The molecule has 2 aromatic rings. The highest BCUT2D eigenvalue weighted by molar-refractivity contribution is 5.78. The van der Waals surface area contributed by atoms with Gasteiger partial charge in [-0.25, -0.2) is 0 Å². The van der Waals surface area contributed by atoms with Crippen LogP contribution in [0.25, 0.3) is 0 Å². The van der Waals surface area contributed by atoms with E-state index in [2.05, 4.69) is 30.5 Å². The second kappa shape index (κ2) is 8.06. The lowest BCUT2D eigenvalue weighted by Gasteiger charge is -2.24. The van der Waals surface area contributed by atoms with E-state index in [0.717, 1.165) is 30.0 Å². The maximum absolute atomic E-state index is 12.3. The fourth-order valence-corrected chi connectivity index (χ4v) is 3.02. The molecule has 132 valence electrons. The summed E-state index contributed by atoms with van der Waals surface area (Å²) in [6.45, 7) is 5.67. The monoisotopic (exact) mass is 338 g/mol. The zero-order valence-corrected chi connectivity index (χ0v) is 14.9. The molecule has 1 amide bonds. The molecule has 0 radical (unpaired) electrons. The molecule has 1 unspecified atom stereocenters. The molecule has 1 heterocycles. The fourth-order valence-electron chi connectivity index (χ4n) is 3.02. The van der Waals surface area contributed by atoms with Crippen LogP contribution in [-0.4, -0.2) is 25.1 Å². The summed E-state index contributed by atoms with van der Waals surface area (Å²) in [5.74, 6) is 1.42. The Kier molecular flexibility index (Phi) is 5.59. The van der Waals surface area contributed by atoms with Gasteiger partial charge in [-0.1, -0.05) is 44.2 Å². The zero-order valence-electron chi connectivity index (χ0n) is 14.9. The average molecular weight is 338 g/mol. The number of carbonyl (C=O) groups excluding carboxylic acids is 1. The highest BCUT2D eigenvalue weighted by Crippen LogP contribution is 2.26. The van der Waals surface area contributed by atoms with Crippen LogP contribution in [0.1, 0.15) is 25.0 Å². The van der Waals surface area contributed by atoms with E-state index in [9.17, 15) is 4.79 Å². The Bertz CT molecular complexity index is 713. The molecular weight excluding hydrogens is 312 g/mol. The van der Waals surface area contributed by atoms with Crippen molar-refractivity contribution >= 4 is 11.6 Å². The summed E-state index contributed by atoms with van der Waals surface area (Å²) in [6.07, 6.45) is 1.34. The second-order valence-electron chi connectivity index (χ2n) is 6.88. The van der Waals surface area contributed by atoms with Gasteiger partial charge in [0.15, 0.2) is 0 Å². The van der Waals surface area contributed by atoms with Crippen molar-refractivity contribution in [3.63, 3.8) is 0 Å². The lowest BCUT2D eigenvalue weighted by molar-refractivity contribution is -0.120. The van der Waals surface area contributed by atoms with Gasteiger partial charge >= 0.3 is 0 Å². The third kappa shape index (κ3) is 4.75. The molecule has 1 aliphatic rings. The molecule has 0 fully saturated rings. The van der Waals surface area contributed by atoms with Crippen molar-refractivity contribution < 1.29 is 9.53 Å². The Hall–Kier alpha value is -2.49. The van der Waals surface area contributed by atoms with E-state index in [0.29, 0.717) is 18.9 Å². The molecule has 0 aliphatic carbocycles. The molecule has 0 saturated carbocycles. The summed E-state index contributed by atoms with van der Waals surface area (Å²) in [6, 6.07) is 16.3. The topological polar surface area (TPSA) is 50.4 Å². The molecule has 0 saturated heterocycles. The lowest BCUT2D eigenvalue weighted by atomic mass is 10.0. The first-order chi connectivity index (χ1) is 12.1. The van der Waals surface area contributed by atoms with Crippen LogP contribution in [0.5, 0.6) is 5.75 Å². The molecule has 0 spiro atoms. The van der Waals surface area contributed by atoms with Gasteiger partial charge in [-0.2, -0.15) is 0 Å². The maximum Gasteiger partial charge on any atom is 0.224 e. The van der Waals surface area contributed by atoms with Crippen molar-refractivity contribution in [3.8, 4) is 5.75 Å². The van der Waals surface area contributed by atoms with Crippen molar-refractivity contribution in [2.45, 2.75) is 32.7 Å². The van der Waals surface area contributed by atoms with Crippen molar-refractivity contribution in [1.82, 2.24) is 5.32 Å². The van der Waals surface area contributed by atoms with Crippen LogP contribution in [0.3, 0.4) is 0 Å². The van der Waals surface area contributed by atoms with Crippen LogP contribution in [0, 0.1) is 5.92 Å². The van der Waals surface area contributed by atoms with E-state index < -0.39 is 0 Å². The molecule has 4 heteroatoms. The third-order valence-electron chi connectivity index (χ3n) is 4.57. The van der Waals surface area contributed by atoms with Crippen molar-refractivity contribution in [2.75, 3.05) is 18.5 Å². The summed E-state index contributed by atoms with van der Waals surface area (Å²) in [7, 11) is 0. The van der Waals surface area contributed by atoms with Crippen LogP contribution < -0.4 is 15.4 Å². The Morgan fingerprint density at radius 1 is 1.16 bits per heavy atom. The zero-order chi connectivity index (χ0) is 17.6. The van der Waals surface area contributed by atoms with Crippen LogP contribution in [0.2, 0.25) is 0 Å². The van der Waals surface area contributed by atoms with Gasteiger partial charge in [0.05, 0.1) is 13.0 Å². The number of amides is 1. The first-order valence-electron chi connectivity index (χ1n) is 8.94. The Balaban J connectivity index is 1.53. The highest BCUT2D eigenvalue weighted by Gasteiger charge is 2.16. The number of para-hydroxylation sites is 1. The van der Waals surface area contributed by atoms with Crippen LogP contribution >= 0.6 is 0 Å². The first kappa shape index (κ1) is 17.3. The molecule has 2 N–H and O–H groups in total. The number of benzene rings is 2. The Morgan fingerprint density at radius 3 is 2.72 bits per heavy atom. The second-order valence-corrected chi connectivity index (χ2v) is 6.88. The van der Waals surface area contributed by atoms with E-state index in [-0.39, 0.29) is 11.9 Å². The van der Waals surface area contributed by atoms with E-state index in [1.54, 1.807) is 0 Å². The lowest BCUT2D eigenvalue weighted by Crippen LogP contribution is -2.40. The van der Waals surface area contributed by atoms with Gasteiger partial charge in [0, 0.05) is 24.7 Å². The van der Waals surface area contributed by atoms with Crippen molar-refractivity contribution in [3.05, 3.63) is 59.7 Å². The largest absolute Gasteiger partial charge is 0.493 e. The van der Waals surface area contributed by atoms with E-state index >= 15 is 0 Å². The SMILES string of the molecule is CC(C)C(CNC(=O)Cc1ccc2c(c1)CCO2)Nc1ccccc1. The highest BCUT2D eigenvalue weighted by atomic mass is 16.5. The summed E-state index contributed by atoms with van der Waals surface area (Å²) >= 11 is 0. The van der Waals surface area contributed by atoms with Gasteiger partial charge in [-0.05, 0) is 35.2 Å². The molecule has 1 aliphatic heterocycles. The molecule has 3 rings (SSSR count). The van der Waals surface area contributed by atoms with Gasteiger partial charge in [0.25, 0.3) is 0 Å². The predicted octanol–water partition coefficient (Wildman–Crippen LogP) is 3.42. The van der Waals surface area contributed by atoms with Crippen LogP contribution in [0.4, 0.5) is 5.69 Å². The van der Waals surface area contributed by atoms with Gasteiger partial charge in [-0.3, -0.25) is 4.79 Å². The third-order valence-corrected chi connectivity index (χ3v) is 4.57. The quantitative estimate of drug-likeness (QED) is 0.813. The number of rotatable bonds is 7. The van der Waals surface area contributed by atoms with Gasteiger partial charge in [0.1, 0.15) is 5.75 Å². The standard InChI is InChI=1S/C21H26N2O2/c1-15(2)19(23-18-6-4-3-5-7-18)14-22-21(24)13-16-8-9-20-17(12-16)10-11-25-20/h3-9,12,15,19,23H,10-11,13-14H2,1-2H3,(H,22,24). The molecular formula is C21H26N2O2. The fraction of sp³-hybridized carbons (Fsp3) is 0.381. The molecule has 0 bridgehead atoms. The first-order valence-corrected chi connectivity index (χ1v) is 8.94. The predicted molar refractivity (Wildman–Crippen MR) is 101 cm³/mol. The Morgan fingerprint density at radius 2 is 1.96 bits per heavy atom. The number of nitrogens with one attached hydrogen (secondary N) is 2. The average Bonchev–Trinajstić information content (AvgIpc) is 3.07. The van der Waals surface area contributed by atoms with Crippen molar-refractivity contribution in [1.29, 1.82) is 0 Å². The van der Waals surface area contributed by atoms with Crippen LogP contribution in [-0.2, 0) is 17.6 Å². The number of carbonyl (C=O) groups is 1. The summed E-state index contributed by atoms with van der Waals surface area (Å²) < 4.78 is 5.51. The van der Waals surface area contributed by atoms with Crippen LogP contribution in [0.15, 0.2) is 48.5 Å². The van der Waals surface area contributed by atoms with E-state index in [1.807, 2.05) is 42.5 Å². The maximum atomic E-state index is 12.3. The number of anilines is 1. The Labute approximate surface area is 149 Å². The number of fused-ring (bicyclic) bond motifs is 1. The summed E-state index contributed by atoms with van der Waals surface area (Å²) in [4.78, 5) is 12.3.